The minimum atomic E-state index is 0.821. The van der Waals surface area contributed by atoms with Crippen molar-refractivity contribution < 1.29 is 0 Å². The SMILES string of the molecule is CCCC1CCCC(NC2CCCSC2)CC1. The molecule has 0 spiro atoms. The van der Waals surface area contributed by atoms with Gasteiger partial charge in [-0.3, -0.25) is 0 Å². The van der Waals surface area contributed by atoms with Crippen LogP contribution in [0.5, 0.6) is 0 Å². The third kappa shape index (κ3) is 4.82. The molecule has 1 N–H and O–H groups in total. The molecule has 17 heavy (non-hydrogen) atoms. The third-order valence-electron chi connectivity index (χ3n) is 4.42. The van der Waals surface area contributed by atoms with E-state index < -0.39 is 0 Å². The summed E-state index contributed by atoms with van der Waals surface area (Å²) in [4.78, 5) is 0. The smallest absolute Gasteiger partial charge is 0.0161 e. The van der Waals surface area contributed by atoms with Gasteiger partial charge in [-0.15, -0.1) is 0 Å². The summed E-state index contributed by atoms with van der Waals surface area (Å²) in [5.41, 5.74) is 0. The van der Waals surface area contributed by atoms with Gasteiger partial charge in [0, 0.05) is 17.8 Å². The lowest BCUT2D eigenvalue weighted by atomic mass is 9.95. The highest BCUT2D eigenvalue weighted by molar-refractivity contribution is 7.99. The molecule has 2 rings (SSSR count). The van der Waals surface area contributed by atoms with Crippen molar-refractivity contribution in [2.24, 2.45) is 5.92 Å². The van der Waals surface area contributed by atoms with Crippen molar-refractivity contribution in [3.05, 3.63) is 0 Å². The monoisotopic (exact) mass is 255 g/mol. The fraction of sp³-hybridized carbons (Fsp3) is 1.00. The molecule has 100 valence electrons. The molecule has 0 aromatic heterocycles. The van der Waals surface area contributed by atoms with Crippen molar-refractivity contribution in [3.8, 4) is 0 Å². The second kappa shape index (κ2) is 7.68. The lowest BCUT2D eigenvalue weighted by molar-refractivity contribution is 0.379. The Morgan fingerprint density at radius 3 is 2.65 bits per heavy atom. The Morgan fingerprint density at radius 1 is 1.00 bits per heavy atom. The number of nitrogens with one attached hydrogen (secondary N) is 1. The van der Waals surface area contributed by atoms with Crippen LogP contribution in [0.2, 0.25) is 0 Å². The molecule has 1 heterocycles. The van der Waals surface area contributed by atoms with Gasteiger partial charge in [-0.05, 0) is 43.8 Å². The van der Waals surface area contributed by atoms with Gasteiger partial charge in [0.1, 0.15) is 0 Å². The highest BCUT2D eigenvalue weighted by atomic mass is 32.2. The Bertz CT molecular complexity index is 201. The van der Waals surface area contributed by atoms with E-state index in [-0.39, 0.29) is 0 Å². The lowest BCUT2D eigenvalue weighted by Gasteiger charge is -2.27. The van der Waals surface area contributed by atoms with Crippen LogP contribution in [0.1, 0.15) is 64.7 Å². The third-order valence-corrected chi connectivity index (χ3v) is 5.63. The summed E-state index contributed by atoms with van der Waals surface area (Å²) in [6, 6.07) is 1.65. The van der Waals surface area contributed by atoms with Crippen molar-refractivity contribution in [2.45, 2.75) is 76.8 Å². The van der Waals surface area contributed by atoms with Crippen molar-refractivity contribution in [1.29, 1.82) is 0 Å². The summed E-state index contributed by atoms with van der Waals surface area (Å²) >= 11 is 2.14. The van der Waals surface area contributed by atoms with E-state index in [4.69, 9.17) is 0 Å². The van der Waals surface area contributed by atoms with Gasteiger partial charge in [0.15, 0.2) is 0 Å². The molecule has 1 aliphatic carbocycles. The summed E-state index contributed by atoms with van der Waals surface area (Å²) in [5.74, 6) is 3.78. The molecule has 2 heteroatoms. The topological polar surface area (TPSA) is 12.0 Å². The summed E-state index contributed by atoms with van der Waals surface area (Å²) in [6.07, 6.45) is 13.0. The first-order valence-corrected chi connectivity index (χ1v) is 8.87. The maximum absolute atomic E-state index is 3.94. The zero-order valence-electron chi connectivity index (χ0n) is 11.4. The molecule has 0 aromatic carbocycles. The molecule has 3 atom stereocenters. The minimum Gasteiger partial charge on any atom is -0.310 e. The maximum Gasteiger partial charge on any atom is 0.0161 e. The van der Waals surface area contributed by atoms with E-state index in [0.29, 0.717) is 0 Å². The second-order valence-electron chi connectivity index (χ2n) is 5.94. The van der Waals surface area contributed by atoms with E-state index >= 15 is 0 Å². The Hall–Kier alpha value is 0.310. The van der Waals surface area contributed by atoms with E-state index in [1.165, 1.54) is 69.3 Å². The molecule has 0 amide bonds. The molecule has 2 aliphatic rings. The summed E-state index contributed by atoms with van der Waals surface area (Å²) < 4.78 is 0. The Kier molecular flexibility index (Phi) is 6.21. The van der Waals surface area contributed by atoms with Crippen LogP contribution in [0.3, 0.4) is 0 Å². The van der Waals surface area contributed by atoms with Crippen molar-refractivity contribution in [3.63, 3.8) is 0 Å². The van der Waals surface area contributed by atoms with Gasteiger partial charge in [-0.2, -0.15) is 11.8 Å². The molecule has 1 saturated carbocycles. The average Bonchev–Trinajstić information content (AvgIpc) is 2.57. The lowest BCUT2D eigenvalue weighted by Crippen LogP contribution is -2.41. The summed E-state index contributed by atoms with van der Waals surface area (Å²) in [6.45, 7) is 2.33. The predicted octanol–water partition coefficient (Wildman–Crippen LogP) is 4.22. The van der Waals surface area contributed by atoms with E-state index in [1.807, 2.05) is 0 Å². The van der Waals surface area contributed by atoms with E-state index in [9.17, 15) is 0 Å². The maximum atomic E-state index is 3.94. The average molecular weight is 255 g/mol. The Labute approximate surface area is 112 Å². The number of rotatable bonds is 4. The molecule has 2 fully saturated rings. The highest BCUT2D eigenvalue weighted by Gasteiger charge is 2.21. The van der Waals surface area contributed by atoms with Crippen molar-refractivity contribution in [2.75, 3.05) is 11.5 Å². The van der Waals surface area contributed by atoms with Gasteiger partial charge >= 0.3 is 0 Å². The first-order valence-electron chi connectivity index (χ1n) is 7.72. The van der Waals surface area contributed by atoms with Gasteiger partial charge in [-0.25, -0.2) is 0 Å². The fourth-order valence-corrected chi connectivity index (χ4v) is 4.53. The molecular formula is C15H29NS. The predicted molar refractivity (Wildman–Crippen MR) is 78.8 cm³/mol. The molecular weight excluding hydrogens is 226 g/mol. The number of hydrogen-bond donors (Lipinski definition) is 1. The van der Waals surface area contributed by atoms with E-state index in [0.717, 1.165) is 18.0 Å². The van der Waals surface area contributed by atoms with E-state index in [2.05, 4.69) is 24.0 Å². The minimum absolute atomic E-state index is 0.821. The Morgan fingerprint density at radius 2 is 1.88 bits per heavy atom. The molecule has 1 aliphatic heterocycles. The first kappa shape index (κ1) is 13.7. The summed E-state index contributed by atoms with van der Waals surface area (Å²) in [5, 5.41) is 3.94. The molecule has 3 unspecified atom stereocenters. The molecule has 0 aromatic rings. The van der Waals surface area contributed by atoms with Gasteiger partial charge < -0.3 is 5.32 Å². The first-order chi connectivity index (χ1) is 8.38. The van der Waals surface area contributed by atoms with Crippen LogP contribution in [0, 0.1) is 5.92 Å². The number of thioether (sulfide) groups is 1. The summed E-state index contributed by atoms with van der Waals surface area (Å²) in [7, 11) is 0. The van der Waals surface area contributed by atoms with Gasteiger partial charge in [0.2, 0.25) is 0 Å². The van der Waals surface area contributed by atoms with Crippen LogP contribution in [-0.4, -0.2) is 23.6 Å². The van der Waals surface area contributed by atoms with E-state index in [1.54, 1.807) is 0 Å². The molecule has 1 saturated heterocycles. The van der Waals surface area contributed by atoms with Crippen molar-refractivity contribution in [1.82, 2.24) is 5.32 Å². The fourth-order valence-electron chi connectivity index (χ4n) is 3.45. The van der Waals surface area contributed by atoms with Gasteiger partial charge in [0.05, 0.1) is 0 Å². The quantitative estimate of drug-likeness (QED) is 0.755. The van der Waals surface area contributed by atoms with Crippen molar-refractivity contribution >= 4 is 11.8 Å². The van der Waals surface area contributed by atoms with Gasteiger partial charge in [0.25, 0.3) is 0 Å². The molecule has 0 bridgehead atoms. The second-order valence-corrected chi connectivity index (χ2v) is 7.09. The van der Waals surface area contributed by atoms with Gasteiger partial charge in [-0.1, -0.05) is 32.6 Å². The van der Waals surface area contributed by atoms with Crippen LogP contribution < -0.4 is 5.32 Å². The van der Waals surface area contributed by atoms with Crippen LogP contribution >= 0.6 is 11.8 Å². The largest absolute Gasteiger partial charge is 0.310 e. The molecule has 1 nitrogen and oxygen atoms in total. The standard InChI is InChI=1S/C15H29NS/c1-2-5-13-6-3-7-14(10-9-13)16-15-8-4-11-17-12-15/h13-16H,2-12H2,1H3. The van der Waals surface area contributed by atoms with Crippen LogP contribution in [0.15, 0.2) is 0 Å². The highest BCUT2D eigenvalue weighted by Crippen LogP contribution is 2.27. The zero-order valence-corrected chi connectivity index (χ0v) is 12.2. The van der Waals surface area contributed by atoms with Crippen LogP contribution in [-0.2, 0) is 0 Å². The normalized spacial score (nSPS) is 35.5. The number of hydrogen-bond acceptors (Lipinski definition) is 2. The van der Waals surface area contributed by atoms with Crippen LogP contribution in [0.4, 0.5) is 0 Å². The zero-order chi connectivity index (χ0) is 11.9. The van der Waals surface area contributed by atoms with Crippen LogP contribution in [0.25, 0.3) is 0 Å². The molecule has 0 radical (unpaired) electrons. The Balaban J connectivity index is 1.70.